The van der Waals surface area contributed by atoms with E-state index in [1.54, 1.807) is 10.6 Å². The van der Waals surface area contributed by atoms with Crippen molar-refractivity contribution in [2.45, 2.75) is 50.8 Å². The average Bonchev–Trinajstić information content (AvgIpc) is 3.20. The van der Waals surface area contributed by atoms with Gasteiger partial charge in [-0.1, -0.05) is 117 Å². The molecule has 2 unspecified atom stereocenters. The number of nitrogens with zero attached hydrogens (tertiary/aromatic N) is 1. The molecule has 4 aromatic rings. The normalized spacial score (nSPS) is 21.0. The predicted octanol–water partition coefficient (Wildman–Crippen LogP) is 7.85. The first-order valence-electron chi connectivity index (χ1n) is 12.2. The van der Waals surface area contributed by atoms with Gasteiger partial charge in [0.05, 0.1) is 19.1 Å². The van der Waals surface area contributed by atoms with E-state index in [2.05, 4.69) is 26.1 Å². The summed E-state index contributed by atoms with van der Waals surface area (Å²) < 4.78 is 19.4. The lowest BCUT2D eigenvalue weighted by Gasteiger charge is -2.39. The number of allylic oxidation sites excluding steroid dienone is 2. The molecular formula is C30H32FNOSi. The van der Waals surface area contributed by atoms with E-state index in [4.69, 9.17) is 0 Å². The molecule has 34 heavy (non-hydrogen) atoms. The highest BCUT2D eigenvalue weighted by molar-refractivity contribution is 6.85. The number of aliphatic hydroxyl groups excluding tert-OH is 1. The third kappa shape index (κ3) is 3.66. The van der Waals surface area contributed by atoms with Crippen LogP contribution in [0.1, 0.15) is 25.3 Å². The zero-order chi connectivity index (χ0) is 23.9. The van der Waals surface area contributed by atoms with Gasteiger partial charge in [-0.3, -0.25) is 0 Å². The van der Waals surface area contributed by atoms with Crippen LogP contribution in [0.5, 0.6) is 0 Å². The van der Waals surface area contributed by atoms with E-state index >= 15 is 4.39 Å². The number of benzene rings is 3. The first kappa shape index (κ1) is 22.8. The zero-order valence-corrected chi connectivity index (χ0v) is 21.1. The van der Waals surface area contributed by atoms with Gasteiger partial charge in [0.2, 0.25) is 5.79 Å². The maximum absolute atomic E-state index is 17.6. The van der Waals surface area contributed by atoms with Crippen molar-refractivity contribution in [3.05, 3.63) is 102 Å². The van der Waals surface area contributed by atoms with Crippen molar-refractivity contribution in [1.29, 1.82) is 0 Å². The number of unbranched alkanes of at least 4 members (excludes halogenated alkanes) is 1. The fourth-order valence-corrected chi connectivity index (χ4v) is 7.97. The highest BCUT2D eigenvalue weighted by atomic mass is 28.3. The second-order valence-corrected chi connectivity index (χ2v) is 14.9. The molecule has 0 spiro atoms. The average molecular weight is 470 g/mol. The number of alkyl halides is 1. The van der Waals surface area contributed by atoms with Crippen molar-refractivity contribution < 1.29 is 9.50 Å². The van der Waals surface area contributed by atoms with Crippen LogP contribution in [0.4, 0.5) is 4.39 Å². The fraction of sp³-hybridized carbons (Fsp3) is 0.267. The predicted molar refractivity (Wildman–Crippen MR) is 144 cm³/mol. The minimum atomic E-state index is -2.10. The zero-order valence-electron chi connectivity index (χ0n) is 20.1. The Hall–Kier alpha value is -2.95. The van der Waals surface area contributed by atoms with E-state index < -0.39 is 20.0 Å². The third-order valence-corrected chi connectivity index (χ3v) is 10.8. The molecular weight excluding hydrogens is 437 g/mol. The van der Waals surface area contributed by atoms with Crippen molar-refractivity contribution in [1.82, 2.24) is 4.57 Å². The van der Waals surface area contributed by atoms with Crippen molar-refractivity contribution >= 4 is 35.5 Å². The van der Waals surface area contributed by atoms with Gasteiger partial charge in [0.15, 0.2) is 0 Å². The lowest BCUT2D eigenvalue weighted by Crippen LogP contribution is -2.44. The minimum Gasteiger partial charge on any atom is -0.383 e. The quantitative estimate of drug-likeness (QED) is 0.286. The van der Waals surface area contributed by atoms with E-state index in [1.807, 2.05) is 78.9 Å². The highest BCUT2D eigenvalue weighted by Crippen LogP contribution is 2.46. The Balaban J connectivity index is 1.80. The van der Waals surface area contributed by atoms with Crippen LogP contribution in [0, 0.1) is 0 Å². The van der Waals surface area contributed by atoms with Gasteiger partial charge >= 0.3 is 0 Å². The number of fused-ring (bicyclic) bond motifs is 3. The number of para-hydroxylation sites is 2. The Morgan fingerprint density at radius 1 is 0.882 bits per heavy atom. The van der Waals surface area contributed by atoms with Gasteiger partial charge in [0.1, 0.15) is 6.10 Å². The van der Waals surface area contributed by atoms with Gasteiger partial charge in [-0.25, -0.2) is 4.39 Å². The van der Waals surface area contributed by atoms with Crippen LogP contribution in [0.15, 0.2) is 96.2 Å². The fourth-order valence-electron chi connectivity index (χ4n) is 5.31. The van der Waals surface area contributed by atoms with E-state index in [0.29, 0.717) is 5.57 Å². The number of aliphatic hydroxyl groups is 1. The molecule has 0 saturated heterocycles. The minimum absolute atomic E-state index is 0.652. The van der Waals surface area contributed by atoms with Gasteiger partial charge in [-0.2, -0.15) is 0 Å². The molecule has 174 valence electrons. The van der Waals surface area contributed by atoms with Crippen LogP contribution < -0.4 is 0 Å². The third-order valence-electron chi connectivity index (χ3n) is 7.31. The van der Waals surface area contributed by atoms with Gasteiger partial charge in [0.25, 0.3) is 0 Å². The van der Waals surface area contributed by atoms with Gasteiger partial charge in [0, 0.05) is 10.8 Å². The van der Waals surface area contributed by atoms with Crippen LogP contribution in [-0.4, -0.2) is 23.9 Å². The van der Waals surface area contributed by atoms with Crippen LogP contribution in [0.2, 0.25) is 19.1 Å². The molecule has 0 radical (unpaired) electrons. The molecule has 0 saturated carbocycles. The number of hydrogen-bond acceptors (Lipinski definition) is 1. The second kappa shape index (κ2) is 8.68. The lowest BCUT2D eigenvalue weighted by atomic mass is 9.89. The number of aromatic nitrogens is 1. The molecule has 3 aromatic carbocycles. The Morgan fingerprint density at radius 2 is 1.44 bits per heavy atom. The molecule has 2 atom stereocenters. The summed E-state index contributed by atoms with van der Waals surface area (Å²) in [5.41, 5.74) is 3.11. The van der Waals surface area contributed by atoms with Crippen LogP contribution in [0.25, 0.3) is 27.4 Å². The number of halogens is 1. The van der Waals surface area contributed by atoms with E-state index in [9.17, 15) is 5.11 Å². The summed E-state index contributed by atoms with van der Waals surface area (Å²) in [5, 5.41) is 14.8. The largest absolute Gasteiger partial charge is 0.383 e. The molecule has 1 aliphatic carbocycles. The molecule has 5 rings (SSSR count). The maximum atomic E-state index is 17.6. The molecule has 1 aliphatic rings. The topological polar surface area (TPSA) is 25.2 Å². The molecule has 2 nitrogen and oxygen atoms in total. The molecule has 0 fully saturated rings. The van der Waals surface area contributed by atoms with Crippen molar-refractivity contribution in [2.75, 3.05) is 0 Å². The summed E-state index contributed by atoms with van der Waals surface area (Å²) in [5.74, 6) is -2.10. The standard InChI is InChI=1S/C30H32FNOSi/c1-4-5-19-34(2,3)23-20-26(22-13-7-6-8-14-22)29(33)30(31,21-23)32-27-17-11-9-15-24(27)25-16-10-12-18-28(25)32/h6-18,20-21,29,33H,4-5,19H2,1-3H3. The Bertz CT molecular complexity index is 1350. The van der Waals surface area contributed by atoms with Gasteiger partial charge in [-0.15, -0.1) is 0 Å². The van der Waals surface area contributed by atoms with Crippen molar-refractivity contribution in [3.63, 3.8) is 0 Å². The van der Waals surface area contributed by atoms with Crippen molar-refractivity contribution in [3.8, 4) is 0 Å². The van der Waals surface area contributed by atoms with E-state index in [-0.39, 0.29) is 0 Å². The summed E-state index contributed by atoms with van der Waals surface area (Å²) in [6, 6.07) is 26.7. The SMILES string of the molecule is CCCC[Si](C)(C)C1=CC(F)(n2c3ccccc3c3ccccc32)C(O)C(c2ccccc2)=C1. The van der Waals surface area contributed by atoms with Crippen LogP contribution in [0.3, 0.4) is 0 Å². The maximum Gasteiger partial charge on any atom is 0.236 e. The summed E-state index contributed by atoms with van der Waals surface area (Å²) >= 11 is 0. The van der Waals surface area contributed by atoms with Gasteiger partial charge < -0.3 is 9.67 Å². The molecule has 1 aromatic heterocycles. The smallest absolute Gasteiger partial charge is 0.236 e. The summed E-state index contributed by atoms with van der Waals surface area (Å²) in [4.78, 5) is 0. The van der Waals surface area contributed by atoms with Crippen molar-refractivity contribution in [2.24, 2.45) is 0 Å². The number of hydrogen-bond donors (Lipinski definition) is 1. The Morgan fingerprint density at radius 3 is 2.03 bits per heavy atom. The molecule has 0 amide bonds. The Kier molecular flexibility index (Phi) is 5.83. The summed E-state index contributed by atoms with van der Waals surface area (Å²) in [7, 11) is -1.94. The molecule has 0 bridgehead atoms. The van der Waals surface area contributed by atoms with Crippen LogP contribution >= 0.6 is 0 Å². The molecule has 0 aliphatic heterocycles. The first-order chi connectivity index (χ1) is 16.4. The summed E-state index contributed by atoms with van der Waals surface area (Å²) in [6.07, 6.45) is 4.74. The second-order valence-electron chi connectivity index (χ2n) is 10.1. The molecule has 1 N–H and O–H groups in total. The lowest BCUT2D eigenvalue weighted by molar-refractivity contribution is 0.0104. The summed E-state index contributed by atoms with van der Waals surface area (Å²) in [6.45, 7) is 6.83. The van der Waals surface area contributed by atoms with Gasteiger partial charge in [-0.05, 0) is 29.3 Å². The van der Waals surface area contributed by atoms with Crippen LogP contribution in [-0.2, 0) is 5.79 Å². The molecule has 1 heterocycles. The first-order valence-corrected chi connectivity index (χ1v) is 15.4. The van der Waals surface area contributed by atoms with E-state index in [1.165, 1.54) is 0 Å². The Labute approximate surface area is 202 Å². The van der Waals surface area contributed by atoms with E-state index in [0.717, 1.165) is 51.5 Å². The monoisotopic (exact) mass is 469 g/mol. The molecule has 4 heteroatoms. The number of rotatable bonds is 6. The highest BCUT2D eigenvalue weighted by Gasteiger charge is 2.46.